The van der Waals surface area contributed by atoms with Crippen molar-refractivity contribution in [2.45, 2.75) is 39.5 Å². The number of imidazole rings is 1. The van der Waals surface area contributed by atoms with Gasteiger partial charge in [0.05, 0.1) is 5.69 Å². The Balaban J connectivity index is 2.42. The van der Waals surface area contributed by atoms with E-state index >= 15 is 0 Å². The Kier molecular flexibility index (Phi) is 3.86. The molecule has 0 aromatic carbocycles. The third kappa shape index (κ3) is 2.98. The minimum Gasteiger partial charge on any atom is -0.348 e. The van der Waals surface area contributed by atoms with Crippen LogP contribution in [-0.2, 0) is 4.79 Å². The summed E-state index contributed by atoms with van der Waals surface area (Å²) >= 11 is 0. The average molecular weight is 194 g/mol. The largest absolute Gasteiger partial charge is 0.348 e. The van der Waals surface area contributed by atoms with Gasteiger partial charge in [0.15, 0.2) is 0 Å². The predicted octanol–water partition coefficient (Wildman–Crippen LogP) is 2.44. The standard InChI is InChI=1S/C11H18N2O/c1-8(7-14)4-5-9(2)11-12-6-10(3)13-11/h6-9H,4-5H2,1-3H3,(H,12,13). The van der Waals surface area contributed by atoms with E-state index < -0.39 is 0 Å². The third-order valence-electron chi connectivity index (χ3n) is 2.48. The second-order valence-electron chi connectivity index (χ2n) is 4.02. The van der Waals surface area contributed by atoms with Crippen molar-refractivity contribution in [1.29, 1.82) is 0 Å². The Hall–Kier alpha value is -1.12. The Morgan fingerprint density at radius 1 is 1.50 bits per heavy atom. The number of rotatable bonds is 5. The predicted molar refractivity (Wildman–Crippen MR) is 56.2 cm³/mol. The van der Waals surface area contributed by atoms with E-state index in [-0.39, 0.29) is 5.92 Å². The number of aromatic amines is 1. The first-order valence-corrected chi connectivity index (χ1v) is 5.10. The molecule has 0 bridgehead atoms. The smallest absolute Gasteiger partial charge is 0.122 e. The summed E-state index contributed by atoms with van der Waals surface area (Å²) in [4.78, 5) is 18.0. The summed E-state index contributed by atoms with van der Waals surface area (Å²) in [5.74, 6) is 1.60. The number of aromatic nitrogens is 2. The van der Waals surface area contributed by atoms with Crippen LogP contribution in [0.5, 0.6) is 0 Å². The summed E-state index contributed by atoms with van der Waals surface area (Å²) in [5.41, 5.74) is 1.02. The number of nitrogens with zero attached hydrogens (tertiary/aromatic N) is 1. The number of hydrogen-bond acceptors (Lipinski definition) is 2. The molecule has 1 aromatic rings. The maximum atomic E-state index is 10.4. The van der Waals surface area contributed by atoms with Crippen molar-refractivity contribution in [3.63, 3.8) is 0 Å². The van der Waals surface area contributed by atoms with Crippen LogP contribution in [0.4, 0.5) is 0 Å². The number of hydrogen-bond donors (Lipinski definition) is 1. The first-order valence-electron chi connectivity index (χ1n) is 5.10. The Labute approximate surface area is 84.9 Å². The van der Waals surface area contributed by atoms with Crippen LogP contribution in [0, 0.1) is 12.8 Å². The molecular weight excluding hydrogens is 176 g/mol. The van der Waals surface area contributed by atoms with E-state index in [1.165, 1.54) is 0 Å². The van der Waals surface area contributed by atoms with Crippen molar-refractivity contribution >= 4 is 6.29 Å². The number of nitrogens with one attached hydrogen (secondary N) is 1. The summed E-state index contributed by atoms with van der Waals surface area (Å²) in [6, 6.07) is 0. The van der Waals surface area contributed by atoms with E-state index in [1.54, 1.807) is 0 Å². The second-order valence-corrected chi connectivity index (χ2v) is 4.02. The molecule has 3 heteroatoms. The van der Waals surface area contributed by atoms with Gasteiger partial charge in [-0.25, -0.2) is 4.98 Å². The summed E-state index contributed by atoms with van der Waals surface area (Å²) in [5, 5.41) is 0. The molecule has 0 saturated carbocycles. The van der Waals surface area contributed by atoms with Crippen molar-refractivity contribution < 1.29 is 4.79 Å². The van der Waals surface area contributed by atoms with Gasteiger partial charge in [0.2, 0.25) is 0 Å². The SMILES string of the molecule is Cc1c[nH]c(C(C)CCC(C)C=O)n1. The van der Waals surface area contributed by atoms with Gasteiger partial charge < -0.3 is 9.78 Å². The van der Waals surface area contributed by atoms with Crippen molar-refractivity contribution in [3.05, 3.63) is 17.7 Å². The first-order chi connectivity index (χ1) is 6.63. The molecule has 3 nitrogen and oxygen atoms in total. The summed E-state index contributed by atoms with van der Waals surface area (Å²) in [6.07, 6.45) is 4.87. The molecule has 14 heavy (non-hydrogen) atoms. The average Bonchev–Trinajstić information content (AvgIpc) is 2.60. The highest BCUT2D eigenvalue weighted by Gasteiger charge is 2.10. The summed E-state index contributed by atoms with van der Waals surface area (Å²) in [6.45, 7) is 6.06. The molecule has 2 unspecified atom stereocenters. The highest BCUT2D eigenvalue weighted by Crippen LogP contribution is 2.19. The van der Waals surface area contributed by atoms with Gasteiger partial charge in [0, 0.05) is 18.0 Å². The van der Waals surface area contributed by atoms with Gasteiger partial charge in [0.25, 0.3) is 0 Å². The van der Waals surface area contributed by atoms with Gasteiger partial charge in [0.1, 0.15) is 12.1 Å². The van der Waals surface area contributed by atoms with Crippen molar-refractivity contribution in [1.82, 2.24) is 9.97 Å². The molecule has 0 radical (unpaired) electrons. The third-order valence-corrected chi connectivity index (χ3v) is 2.48. The molecule has 1 rings (SSSR count). The lowest BCUT2D eigenvalue weighted by Crippen LogP contribution is -2.01. The zero-order valence-electron chi connectivity index (χ0n) is 9.08. The van der Waals surface area contributed by atoms with Crippen molar-refractivity contribution in [2.24, 2.45) is 5.92 Å². The maximum absolute atomic E-state index is 10.4. The van der Waals surface area contributed by atoms with Crippen LogP contribution < -0.4 is 0 Å². The zero-order chi connectivity index (χ0) is 10.6. The van der Waals surface area contributed by atoms with Crippen molar-refractivity contribution in [2.75, 3.05) is 0 Å². The van der Waals surface area contributed by atoms with Crippen LogP contribution in [0.2, 0.25) is 0 Å². The highest BCUT2D eigenvalue weighted by molar-refractivity contribution is 5.52. The molecule has 0 aliphatic carbocycles. The fraction of sp³-hybridized carbons (Fsp3) is 0.636. The van der Waals surface area contributed by atoms with E-state index in [0.717, 1.165) is 30.6 Å². The zero-order valence-corrected chi connectivity index (χ0v) is 9.08. The number of carbonyl (C=O) groups excluding carboxylic acids is 1. The molecule has 1 heterocycles. The Morgan fingerprint density at radius 3 is 2.71 bits per heavy atom. The molecule has 0 saturated heterocycles. The van der Waals surface area contributed by atoms with Gasteiger partial charge in [-0.1, -0.05) is 13.8 Å². The van der Waals surface area contributed by atoms with Gasteiger partial charge >= 0.3 is 0 Å². The normalized spacial score (nSPS) is 15.1. The minimum atomic E-state index is 0.161. The van der Waals surface area contributed by atoms with Crippen LogP contribution >= 0.6 is 0 Å². The molecule has 1 N–H and O–H groups in total. The lowest BCUT2D eigenvalue weighted by Gasteiger charge is -2.09. The van der Waals surface area contributed by atoms with Crippen molar-refractivity contribution in [3.8, 4) is 0 Å². The van der Waals surface area contributed by atoms with Crippen LogP contribution in [-0.4, -0.2) is 16.3 Å². The number of H-pyrrole nitrogens is 1. The fourth-order valence-corrected chi connectivity index (χ4v) is 1.40. The van der Waals surface area contributed by atoms with E-state index in [0.29, 0.717) is 5.92 Å². The highest BCUT2D eigenvalue weighted by atomic mass is 16.1. The Morgan fingerprint density at radius 2 is 2.21 bits per heavy atom. The monoisotopic (exact) mass is 194 g/mol. The Bertz CT molecular complexity index is 293. The number of aryl methyl sites for hydroxylation is 1. The van der Waals surface area contributed by atoms with Gasteiger partial charge in [-0.15, -0.1) is 0 Å². The van der Waals surface area contributed by atoms with Crippen LogP contribution in [0.1, 0.15) is 44.1 Å². The topological polar surface area (TPSA) is 45.8 Å². The van der Waals surface area contributed by atoms with Crippen LogP contribution in [0.15, 0.2) is 6.20 Å². The van der Waals surface area contributed by atoms with E-state index in [1.807, 2.05) is 20.0 Å². The molecule has 0 aliphatic rings. The number of carbonyl (C=O) groups is 1. The molecule has 0 spiro atoms. The first kappa shape index (κ1) is 11.0. The fourth-order valence-electron chi connectivity index (χ4n) is 1.40. The van der Waals surface area contributed by atoms with Gasteiger partial charge in [-0.3, -0.25) is 0 Å². The van der Waals surface area contributed by atoms with Crippen LogP contribution in [0.25, 0.3) is 0 Å². The molecule has 0 aliphatic heterocycles. The number of aldehydes is 1. The lowest BCUT2D eigenvalue weighted by molar-refractivity contribution is -0.110. The van der Waals surface area contributed by atoms with E-state index in [4.69, 9.17) is 0 Å². The lowest BCUT2D eigenvalue weighted by atomic mass is 9.99. The maximum Gasteiger partial charge on any atom is 0.122 e. The molecular formula is C11H18N2O. The molecule has 0 fully saturated rings. The van der Waals surface area contributed by atoms with E-state index in [9.17, 15) is 4.79 Å². The van der Waals surface area contributed by atoms with Crippen LogP contribution in [0.3, 0.4) is 0 Å². The summed E-state index contributed by atoms with van der Waals surface area (Å²) < 4.78 is 0. The van der Waals surface area contributed by atoms with E-state index in [2.05, 4.69) is 16.9 Å². The molecule has 2 atom stereocenters. The molecule has 0 amide bonds. The molecule has 1 aromatic heterocycles. The van der Waals surface area contributed by atoms with Gasteiger partial charge in [-0.2, -0.15) is 0 Å². The quantitative estimate of drug-likeness (QED) is 0.732. The second kappa shape index (κ2) is 4.94. The molecule has 78 valence electrons. The summed E-state index contributed by atoms with van der Waals surface area (Å²) in [7, 11) is 0. The minimum absolute atomic E-state index is 0.161. The van der Waals surface area contributed by atoms with Gasteiger partial charge in [-0.05, 0) is 19.8 Å².